The van der Waals surface area contributed by atoms with Gasteiger partial charge in [-0.3, -0.25) is 4.68 Å². The molecule has 21 heavy (non-hydrogen) atoms. The first-order valence-corrected chi connectivity index (χ1v) is 7.13. The van der Waals surface area contributed by atoms with Gasteiger partial charge in [0.1, 0.15) is 0 Å². The van der Waals surface area contributed by atoms with Gasteiger partial charge in [0.2, 0.25) is 5.88 Å². The summed E-state index contributed by atoms with van der Waals surface area (Å²) in [5.74, 6) is 1.14. The van der Waals surface area contributed by atoms with Gasteiger partial charge in [0.15, 0.2) is 5.75 Å². The standard InChI is InChI=1S/C15H23N5O/c1-11(2)20-10-13(9-17-20)21-14-7-6-12(18-19-14)8-16-15(3,4)5/h6-7,9-11,16H,8H2,1-5H3. The van der Waals surface area contributed by atoms with Gasteiger partial charge in [0.25, 0.3) is 0 Å². The second kappa shape index (κ2) is 6.22. The van der Waals surface area contributed by atoms with Gasteiger partial charge in [0.05, 0.1) is 18.1 Å². The zero-order chi connectivity index (χ0) is 15.5. The van der Waals surface area contributed by atoms with Crippen molar-refractivity contribution in [3.8, 4) is 11.6 Å². The van der Waals surface area contributed by atoms with Crippen LogP contribution in [0.15, 0.2) is 24.5 Å². The predicted molar refractivity (Wildman–Crippen MR) is 81.3 cm³/mol. The number of hydrogen-bond donors (Lipinski definition) is 1. The summed E-state index contributed by atoms with van der Waals surface area (Å²) in [6.45, 7) is 11.2. The van der Waals surface area contributed by atoms with E-state index in [0.717, 1.165) is 5.69 Å². The zero-order valence-electron chi connectivity index (χ0n) is 13.3. The molecule has 0 aromatic carbocycles. The molecule has 0 atom stereocenters. The van der Waals surface area contributed by atoms with Gasteiger partial charge in [-0.1, -0.05) is 0 Å². The van der Waals surface area contributed by atoms with E-state index >= 15 is 0 Å². The van der Waals surface area contributed by atoms with Crippen LogP contribution in [0.3, 0.4) is 0 Å². The van der Waals surface area contributed by atoms with Crippen molar-refractivity contribution in [3.05, 3.63) is 30.2 Å². The van der Waals surface area contributed by atoms with Gasteiger partial charge in [-0.05, 0) is 40.7 Å². The normalized spacial score (nSPS) is 11.9. The Morgan fingerprint density at radius 2 is 2.00 bits per heavy atom. The summed E-state index contributed by atoms with van der Waals surface area (Å²) in [6.07, 6.45) is 3.53. The maximum atomic E-state index is 5.63. The molecule has 2 aromatic heterocycles. The lowest BCUT2D eigenvalue weighted by Gasteiger charge is -2.19. The summed E-state index contributed by atoms with van der Waals surface area (Å²) in [6, 6.07) is 4.03. The zero-order valence-corrected chi connectivity index (χ0v) is 13.3. The highest BCUT2D eigenvalue weighted by molar-refractivity contribution is 5.21. The molecule has 2 heterocycles. The van der Waals surface area contributed by atoms with E-state index in [1.807, 2.05) is 23.0 Å². The third kappa shape index (κ3) is 4.82. The van der Waals surface area contributed by atoms with E-state index in [1.165, 1.54) is 0 Å². The highest BCUT2D eigenvalue weighted by Gasteiger charge is 2.10. The van der Waals surface area contributed by atoms with Crippen LogP contribution in [0.2, 0.25) is 0 Å². The first kappa shape index (κ1) is 15.4. The van der Waals surface area contributed by atoms with Gasteiger partial charge in [-0.2, -0.15) is 10.2 Å². The minimum atomic E-state index is 0.0578. The third-order valence-corrected chi connectivity index (χ3v) is 2.82. The predicted octanol–water partition coefficient (Wildman–Crippen LogP) is 2.93. The molecule has 0 bridgehead atoms. The van der Waals surface area contributed by atoms with Crippen molar-refractivity contribution in [1.29, 1.82) is 0 Å². The molecule has 0 radical (unpaired) electrons. The second-order valence-electron chi connectivity index (χ2n) is 6.32. The largest absolute Gasteiger partial charge is 0.434 e. The summed E-state index contributed by atoms with van der Waals surface area (Å²) in [4.78, 5) is 0. The fraction of sp³-hybridized carbons (Fsp3) is 0.533. The molecule has 0 fully saturated rings. The van der Waals surface area contributed by atoms with Crippen LogP contribution >= 0.6 is 0 Å². The molecule has 0 amide bonds. The molecule has 2 aromatic rings. The van der Waals surface area contributed by atoms with Crippen molar-refractivity contribution in [3.63, 3.8) is 0 Å². The summed E-state index contributed by atoms with van der Waals surface area (Å²) in [5.41, 5.74) is 0.942. The first-order valence-electron chi connectivity index (χ1n) is 7.13. The van der Waals surface area contributed by atoms with E-state index in [2.05, 4.69) is 55.2 Å². The van der Waals surface area contributed by atoms with Crippen molar-refractivity contribution >= 4 is 0 Å². The molecule has 2 rings (SSSR count). The summed E-state index contributed by atoms with van der Waals surface area (Å²) >= 11 is 0. The van der Waals surface area contributed by atoms with E-state index < -0.39 is 0 Å². The minimum absolute atomic E-state index is 0.0578. The highest BCUT2D eigenvalue weighted by Crippen LogP contribution is 2.19. The Bertz CT molecular complexity index is 568. The highest BCUT2D eigenvalue weighted by atomic mass is 16.5. The molecule has 6 heteroatoms. The fourth-order valence-electron chi connectivity index (χ4n) is 1.63. The molecule has 0 aliphatic carbocycles. The van der Waals surface area contributed by atoms with E-state index in [0.29, 0.717) is 24.2 Å². The Balaban J connectivity index is 1.95. The number of nitrogens with zero attached hydrogens (tertiary/aromatic N) is 4. The van der Waals surface area contributed by atoms with E-state index in [4.69, 9.17) is 4.74 Å². The van der Waals surface area contributed by atoms with E-state index in [1.54, 1.807) is 6.20 Å². The molecule has 0 unspecified atom stereocenters. The van der Waals surface area contributed by atoms with Crippen LogP contribution in [0.4, 0.5) is 0 Å². The van der Waals surface area contributed by atoms with Crippen molar-refractivity contribution < 1.29 is 4.74 Å². The smallest absolute Gasteiger partial charge is 0.239 e. The topological polar surface area (TPSA) is 64.9 Å². The molecule has 0 aliphatic rings. The quantitative estimate of drug-likeness (QED) is 0.916. The van der Waals surface area contributed by atoms with Crippen LogP contribution in [-0.2, 0) is 6.54 Å². The number of nitrogens with one attached hydrogen (secondary N) is 1. The van der Waals surface area contributed by atoms with Crippen LogP contribution in [-0.4, -0.2) is 25.5 Å². The molecule has 0 saturated heterocycles. The minimum Gasteiger partial charge on any atom is -0.434 e. The lowest BCUT2D eigenvalue weighted by molar-refractivity contribution is 0.416. The Hall–Kier alpha value is -1.95. The van der Waals surface area contributed by atoms with Gasteiger partial charge in [-0.15, -0.1) is 5.10 Å². The molecular weight excluding hydrogens is 266 g/mol. The molecule has 1 N–H and O–H groups in total. The molecule has 0 saturated carbocycles. The van der Waals surface area contributed by atoms with Crippen molar-refractivity contribution in [2.45, 2.75) is 52.7 Å². The Morgan fingerprint density at radius 1 is 1.24 bits per heavy atom. The van der Waals surface area contributed by atoms with E-state index in [-0.39, 0.29) is 5.54 Å². The average Bonchev–Trinajstić information content (AvgIpc) is 2.86. The third-order valence-electron chi connectivity index (χ3n) is 2.82. The maximum Gasteiger partial charge on any atom is 0.239 e. The number of aromatic nitrogens is 4. The lowest BCUT2D eigenvalue weighted by atomic mass is 10.1. The molecule has 6 nitrogen and oxygen atoms in total. The Morgan fingerprint density at radius 3 is 2.52 bits per heavy atom. The van der Waals surface area contributed by atoms with Crippen LogP contribution in [0, 0.1) is 0 Å². The van der Waals surface area contributed by atoms with Crippen LogP contribution < -0.4 is 10.1 Å². The van der Waals surface area contributed by atoms with Gasteiger partial charge in [-0.25, -0.2) is 0 Å². The number of hydrogen-bond acceptors (Lipinski definition) is 5. The summed E-state index contributed by atoms with van der Waals surface area (Å²) in [5, 5.41) is 15.8. The summed E-state index contributed by atoms with van der Waals surface area (Å²) < 4.78 is 7.47. The number of rotatable bonds is 5. The van der Waals surface area contributed by atoms with Crippen LogP contribution in [0.25, 0.3) is 0 Å². The van der Waals surface area contributed by atoms with Gasteiger partial charge < -0.3 is 10.1 Å². The Labute approximate surface area is 125 Å². The molecule has 0 spiro atoms. The summed E-state index contributed by atoms with van der Waals surface area (Å²) in [7, 11) is 0. The SMILES string of the molecule is CC(C)n1cc(Oc2ccc(CNC(C)(C)C)nn2)cn1. The van der Waals surface area contributed by atoms with Crippen LogP contribution in [0.1, 0.15) is 46.4 Å². The average molecular weight is 289 g/mol. The van der Waals surface area contributed by atoms with Crippen molar-refractivity contribution in [2.75, 3.05) is 0 Å². The number of ether oxygens (including phenoxy) is 1. The van der Waals surface area contributed by atoms with Gasteiger partial charge >= 0.3 is 0 Å². The van der Waals surface area contributed by atoms with Crippen molar-refractivity contribution in [1.82, 2.24) is 25.3 Å². The van der Waals surface area contributed by atoms with Gasteiger partial charge in [0, 0.05) is 24.2 Å². The second-order valence-corrected chi connectivity index (χ2v) is 6.32. The maximum absolute atomic E-state index is 5.63. The molecule has 0 aliphatic heterocycles. The first-order chi connectivity index (χ1) is 9.83. The van der Waals surface area contributed by atoms with Crippen LogP contribution in [0.5, 0.6) is 11.6 Å². The van der Waals surface area contributed by atoms with E-state index in [9.17, 15) is 0 Å². The molecular formula is C15H23N5O. The van der Waals surface area contributed by atoms with Crippen molar-refractivity contribution in [2.24, 2.45) is 0 Å². The monoisotopic (exact) mass is 289 g/mol. The fourth-order valence-corrected chi connectivity index (χ4v) is 1.63. The lowest BCUT2D eigenvalue weighted by Crippen LogP contribution is -2.35. The molecule has 114 valence electrons. The Kier molecular flexibility index (Phi) is 4.57.